The van der Waals surface area contributed by atoms with E-state index in [1.165, 1.54) is 70.6 Å². The molecule has 0 N–H and O–H groups in total. The van der Waals surface area contributed by atoms with Crippen molar-refractivity contribution in [3.05, 3.63) is 12.2 Å². The molecule has 0 radical (unpaired) electrons. The molecule has 7 rings (SSSR count). The van der Waals surface area contributed by atoms with E-state index in [1.807, 2.05) is 0 Å². The van der Waals surface area contributed by atoms with E-state index < -0.39 is 0 Å². The summed E-state index contributed by atoms with van der Waals surface area (Å²) in [5, 5.41) is 1.14. The van der Waals surface area contributed by atoms with Gasteiger partial charge >= 0.3 is 0 Å². The van der Waals surface area contributed by atoms with Crippen molar-refractivity contribution < 1.29 is 0 Å². The second-order valence-electron chi connectivity index (χ2n) is 14.2. The Hall–Kier alpha value is -0.195. The summed E-state index contributed by atoms with van der Waals surface area (Å²) in [5.74, 6) is 4.80. The van der Waals surface area contributed by atoms with Crippen LogP contribution in [0, 0.1) is 34.5 Å². The van der Waals surface area contributed by atoms with Crippen molar-refractivity contribution in [2.75, 3.05) is 0 Å². The van der Waals surface area contributed by atoms with E-state index >= 15 is 0 Å². The van der Waals surface area contributed by atoms with Crippen LogP contribution in [-0.4, -0.2) is 6.71 Å². The van der Waals surface area contributed by atoms with Gasteiger partial charge in [0.05, 0.1) is 0 Å². The van der Waals surface area contributed by atoms with Crippen molar-refractivity contribution in [2.45, 2.75) is 129 Å². The molecule has 29 heavy (non-hydrogen) atoms. The summed E-state index contributed by atoms with van der Waals surface area (Å²) in [7, 11) is 0. The Kier molecular flexibility index (Phi) is 4.75. The number of fused-ring (bicyclic) bond motifs is 4. The fraction of sp³-hybridized carbons (Fsp3) is 0.929. The van der Waals surface area contributed by atoms with Crippen molar-refractivity contribution in [3.8, 4) is 0 Å². The van der Waals surface area contributed by atoms with Crippen LogP contribution in [0.1, 0.15) is 112 Å². The van der Waals surface area contributed by atoms with Crippen molar-refractivity contribution in [3.63, 3.8) is 0 Å². The summed E-state index contributed by atoms with van der Waals surface area (Å²) in [6, 6.07) is 0. The van der Waals surface area contributed by atoms with Gasteiger partial charge in [0, 0.05) is 0 Å². The van der Waals surface area contributed by atoms with Crippen LogP contribution in [0.15, 0.2) is 12.2 Å². The molecule has 6 fully saturated rings. The molecule has 0 nitrogen and oxygen atoms in total. The van der Waals surface area contributed by atoms with Crippen molar-refractivity contribution >= 4 is 6.71 Å². The van der Waals surface area contributed by atoms with Crippen LogP contribution in [0.2, 0.25) is 16.4 Å². The Labute approximate surface area is 182 Å². The minimum absolute atomic E-state index is 0.569. The van der Waals surface area contributed by atoms with E-state index in [0.29, 0.717) is 21.5 Å². The topological polar surface area (TPSA) is 0 Å². The van der Waals surface area contributed by atoms with Gasteiger partial charge in [0.1, 0.15) is 0 Å². The normalized spacial score (nSPS) is 51.0. The lowest BCUT2D eigenvalue weighted by Gasteiger charge is -2.69. The lowest BCUT2D eigenvalue weighted by molar-refractivity contribution is -0.0932. The van der Waals surface area contributed by atoms with Crippen molar-refractivity contribution in [1.82, 2.24) is 0 Å². The number of allylic oxidation sites excluding steroid dienone is 2. The Morgan fingerprint density at radius 2 is 1.14 bits per heavy atom. The summed E-state index contributed by atoms with van der Waals surface area (Å²) in [5.41, 5.74) is 1.25. The molecular weight excluding hydrogens is 347 g/mol. The smallest absolute Gasteiger partial charge is 0.0926 e. The third-order valence-corrected chi connectivity index (χ3v) is 11.9. The van der Waals surface area contributed by atoms with Gasteiger partial charge in [0.2, 0.25) is 0 Å². The van der Waals surface area contributed by atoms with Crippen LogP contribution in [0.3, 0.4) is 0 Å². The van der Waals surface area contributed by atoms with E-state index in [2.05, 4.69) is 53.7 Å². The largest absolute Gasteiger partial charge is 0.159 e. The van der Waals surface area contributed by atoms with Crippen molar-refractivity contribution in [1.29, 1.82) is 0 Å². The summed E-state index contributed by atoms with van der Waals surface area (Å²) < 4.78 is 0. The average molecular weight is 394 g/mol. The van der Waals surface area contributed by atoms with Gasteiger partial charge in [0.15, 0.2) is 6.71 Å². The third kappa shape index (κ3) is 3.06. The van der Waals surface area contributed by atoms with E-state index in [4.69, 9.17) is 0 Å². The molecule has 0 aliphatic heterocycles. The quantitative estimate of drug-likeness (QED) is 0.331. The minimum atomic E-state index is 0.569. The maximum absolute atomic E-state index is 2.76. The van der Waals surface area contributed by atoms with E-state index in [-0.39, 0.29) is 0 Å². The standard InChI is InChI=1S/C28H47B/c1-25(2)20-14-21(25)17-27(5,16-20)29(24-12-10-8-7-9-11-13-24)28(6)18-22-15-23(19-28)26(22,3)4/h10,12,20-24H,7-9,11,13-19H2,1-6H3/b12-10-. The molecule has 6 saturated carbocycles. The highest BCUT2D eigenvalue weighted by atomic mass is 14.6. The molecule has 7 aliphatic carbocycles. The fourth-order valence-electron chi connectivity index (χ4n) is 9.90. The first-order chi connectivity index (χ1) is 13.6. The molecule has 0 spiro atoms. The Morgan fingerprint density at radius 1 is 0.655 bits per heavy atom. The van der Waals surface area contributed by atoms with E-state index in [1.54, 1.807) is 0 Å². The van der Waals surface area contributed by atoms with Crippen LogP contribution in [0.4, 0.5) is 0 Å². The monoisotopic (exact) mass is 394 g/mol. The lowest BCUT2D eigenvalue weighted by atomic mass is 9.11. The van der Waals surface area contributed by atoms with Gasteiger partial charge in [-0.3, -0.25) is 0 Å². The predicted molar refractivity (Wildman–Crippen MR) is 128 cm³/mol. The van der Waals surface area contributed by atoms with Crippen molar-refractivity contribution in [2.24, 2.45) is 34.5 Å². The molecule has 0 aromatic heterocycles. The van der Waals surface area contributed by atoms with Gasteiger partial charge in [-0.05, 0) is 66.0 Å². The van der Waals surface area contributed by atoms with Gasteiger partial charge in [-0.15, -0.1) is 0 Å². The molecule has 0 aromatic rings. The van der Waals surface area contributed by atoms with Gasteiger partial charge in [-0.25, -0.2) is 0 Å². The average Bonchev–Trinajstić information content (AvgIpc) is 2.63. The van der Waals surface area contributed by atoms with Crippen LogP contribution in [-0.2, 0) is 0 Å². The molecule has 0 aromatic carbocycles. The highest BCUT2D eigenvalue weighted by molar-refractivity contribution is 6.67. The Morgan fingerprint density at radius 3 is 1.59 bits per heavy atom. The first-order valence-electron chi connectivity index (χ1n) is 13.2. The maximum Gasteiger partial charge on any atom is 0.159 e. The summed E-state index contributed by atoms with van der Waals surface area (Å²) in [4.78, 5) is 0. The van der Waals surface area contributed by atoms with Crippen LogP contribution in [0.5, 0.6) is 0 Å². The van der Waals surface area contributed by atoms with Gasteiger partial charge in [-0.2, -0.15) is 0 Å². The highest BCUT2D eigenvalue weighted by Gasteiger charge is 2.65. The lowest BCUT2D eigenvalue weighted by Crippen LogP contribution is -2.61. The number of hydrogen-bond donors (Lipinski definition) is 0. The minimum Gasteiger partial charge on any atom is -0.0926 e. The molecule has 162 valence electrons. The predicted octanol–water partition coefficient (Wildman–Crippen LogP) is 8.80. The maximum atomic E-state index is 2.76. The molecule has 0 amide bonds. The van der Waals surface area contributed by atoms with Gasteiger partial charge < -0.3 is 0 Å². The summed E-state index contributed by atoms with van der Waals surface area (Å²) >= 11 is 0. The Bertz CT molecular complexity index is 598. The number of hydrogen-bond acceptors (Lipinski definition) is 0. The molecule has 7 aliphatic rings. The zero-order chi connectivity index (χ0) is 20.7. The first-order valence-corrected chi connectivity index (χ1v) is 13.2. The SMILES string of the molecule is CC1(B(C2/C=C\CCCCC2)C2(C)CC3CC(C2)C3(C)C)CC2CC(C1)C2(C)C. The zero-order valence-corrected chi connectivity index (χ0v) is 20.4. The molecule has 4 bridgehead atoms. The number of rotatable bonds is 3. The summed E-state index contributed by atoms with van der Waals surface area (Å²) in [6.07, 6.45) is 21.6. The fourth-order valence-corrected chi connectivity index (χ4v) is 9.90. The summed E-state index contributed by atoms with van der Waals surface area (Å²) in [6.45, 7) is 16.7. The van der Waals surface area contributed by atoms with Crippen LogP contribution >= 0.6 is 0 Å². The van der Waals surface area contributed by atoms with Crippen LogP contribution < -0.4 is 0 Å². The van der Waals surface area contributed by atoms with E-state index in [0.717, 1.165) is 36.2 Å². The molecule has 1 heteroatoms. The third-order valence-electron chi connectivity index (χ3n) is 11.9. The van der Waals surface area contributed by atoms with Gasteiger partial charge in [-0.1, -0.05) is 109 Å². The molecule has 5 atom stereocenters. The van der Waals surface area contributed by atoms with Gasteiger partial charge in [0.25, 0.3) is 0 Å². The highest BCUT2D eigenvalue weighted by Crippen LogP contribution is 2.75. The second-order valence-corrected chi connectivity index (χ2v) is 14.2. The zero-order valence-electron chi connectivity index (χ0n) is 20.4. The van der Waals surface area contributed by atoms with Crippen LogP contribution in [0.25, 0.3) is 0 Å². The molecule has 0 saturated heterocycles. The molecule has 5 unspecified atom stereocenters. The first kappa shape index (κ1) is 20.7. The Balaban J connectivity index is 1.48. The molecule has 0 heterocycles. The van der Waals surface area contributed by atoms with E-state index in [9.17, 15) is 0 Å². The second kappa shape index (κ2) is 6.65. The molecular formula is C28H47B.